The smallest absolute Gasteiger partial charge is 0.407 e. The molecule has 1 saturated carbocycles. The highest BCUT2D eigenvalue weighted by molar-refractivity contribution is 5.86. The summed E-state index contributed by atoms with van der Waals surface area (Å²) >= 11 is 0. The van der Waals surface area contributed by atoms with Crippen LogP contribution in [0.3, 0.4) is 0 Å². The zero-order chi connectivity index (χ0) is 23.4. The van der Waals surface area contributed by atoms with Gasteiger partial charge in [-0.05, 0) is 47.9 Å². The van der Waals surface area contributed by atoms with Crippen molar-refractivity contribution in [1.29, 1.82) is 0 Å². The predicted molar refractivity (Wildman–Crippen MR) is 122 cm³/mol. The van der Waals surface area contributed by atoms with Crippen molar-refractivity contribution in [3.05, 3.63) is 59.7 Å². The molecular formula is C26H26N2O5. The van der Waals surface area contributed by atoms with E-state index in [4.69, 9.17) is 9.84 Å². The van der Waals surface area contributed by atoms with E-state index in [1.807, 2.05) is 37.1 Å². The number of hydrogen-bond donors (Lipinski definition) is 3. The first-order chi connectivity index (χ1) is 15.9. The van der Waals surface area contributed by atoms with Gasteiger partial charge in [-0.2, -0.15) is 0 Å². The van der Waals surface area contributed by atoms with E-state index in [0.717, 1.165) is 35.1 Å². The monoisotopic (exact) mass is 446 g/mol. The van der Waals surface area contributed by atoms with Crippen molar-refractivity contribution < 1.29 is 24.2 Å². The molecule has 1 unspecified atom stereocenters. The second-order valence-electron chi connectivity index (χ2n) is 8.70. The summed E-state index contributed by atoms with van der Waals surface area (Å²) in [6.07, 6.45) is 1.36. The lowest BCUT2D eigenvalue weighted by Gasteiger charge is -2.30. The standard InChI is InChI=1S/C26H26N2O5/c1-26(17-12-13-17,15-23(29)27-14-6-11-24(30)31)28-25(32)33-16-22-20-9-4-2-7-18(20)19-8-3-5-10-21(19)22/h2-5,7-10,17,22H,12-16H2,1H3,(H,27,29)(H,28,32)(H,30,31). The van der Waals surface area contributed by atoms with E-state index in [0.29, 0.717) is 0 Å². The first-order valence-electron chi connectivity index (χ1n) is 11.0. The van der Waals surface area contributed by atoms with Gasteiger partial charge < -0.3 is 20.5 Å². The number of amides is 2. The van der Waals surface area contributed by atoms with Crippen LogP contribution >= 0.6 is 0 Å². The van der Waals surface area contributed by atoms with Gasteiger partial charge in [0.05, 0.1) is 12.1 Å². The molecule has 2 aliphatic carbocycles. The molecule has 0 heterocycles. The molecule has 3 N–H and O–H groups in total. The molecule has 2 amide bonds. The van der Waals surface area contributed by atoms with Gasteiger partial charge in [0.25, 0.3) is 0 Å². The van der Waals surface area contributed by atoms with E-state index in [-0.39, 0.29) is 37.3 Å². The molecular weight excluding hydrogens is 420 g/mol. The van der Waals surface area contributed by atoms with E-state index in [1.165, 1.54) is 0 Å². The number of carbonyl (C=O) groups is 3. The average molecular weight is 447 g/mol. The van der Waals surface area contributed by atoms with Crippen LogP contribution in [0.15, 0.2) is 48.5 Å². The molecule has 0 aromatic heterocycles. The van der Waals surface area contributed by atoms with Crippen LogP contribution in [0.4, 0.5) is 4.79 Å². The fraction of sp³-hybridized carbons (Fsp3) is 0.346. The van der Waals surface area contributed by atoms with Crippen LogP contribution in [0.2, 0.25) is 0 Å². The first-order valence-corrected chi connectivity index (χ1v) is 11.0. The maximum absolute atomic E-state index is 12.7. The highest BCUT2D eigenvalue weighted by Crippen LogP contribution is 2.45. The molecule has 2 aliphatic rings. The average Bonchev–Trinajstić information content (AvgIpc) is 3.59. The molecule has 170 valence electrons. The Hall–Kier alpha value is -3.79. The molecule has 1 atom stereocenters. The minimum Gasteiger partial charge on any atom is -0.472 e. The van der Waals surface area contributed by atoms with Crippen LogP contribution in [0.25, 0.3) is 11.1 Å². The summed E-state index contributed by atoms with van der Waals surface area (Å²) in [7, 11) is 0. The summed E-state index contributed by atoms with van der Waals surface area (Å²) in [6.45, 7) is 1.99. The lowest BCUT2D eigenvalue weighted by atomic mass is 9.91. The number of fused-ring (bicyclic) bond motifs is 3. The lowest BCUT2D eigenvalue weighted by molar-refractivity contribution is -0.130. The Balaban J connectivity index is 1.37. The third-order valence-electron chi connectivity index (χ3n) is 6.31. The Morgan fingerprint density at radius 1 is 1.06 bits per heavy atom. The summed E-state index contributed by atoms with van der Waals surface area (Å²) in [5.41, 5.74) is 3.85. The number of carbonyl (C=O) groups excluding carboxylic acids is 2. The minimum absolute atomic E-state index is 0.0357. The number of rotatable bonds is 7. The topological polar surface area (TPSA) is 105 Å². The Bertz CT molecular complexity index is 1100. The number of carboxylic acids is 1. The molecule has 0 saturated heterocycles. The lowest BCUT2D eigenvalue weighted by Crippen LogP contribution is -2.51. The normalized spacial score (nSPS) is 15.8. The van der Waals surface area contributed by atoms with Crippen molar-refractivity contribution in [2.24, 2.45) is 5.92 Å². The molecule has 33 heavy (non-hydrogen) atoms. The summed E-state index contributed by atoms with van der Waals surface area (Å²) in [4.78, 5) is 35.5. The first kappa shape index (κ1) is 22.4. The summed E-state index contributed by atoms with van der Waals surface area (Å²) < 4.78 is 5.65. The Morgan fingerprint density at radius 3 is 2.24 bits per heavy atom. The van der Waals surface area contributed by atoms with E-state index in [9.17, 15) is 14.4 Å². The second-order valence-corrected chi connectivity index (χ2v) is 8.70. The van der Waals surface area contributed by atoms with Crippen molar-refractivity contribution >= 4 is 18.0 Å². The Morgan fingerprint density at radius 2 is 1.67 bits per heavy atom. The van der Waals surface area contributed by atoms with Crippen LogP contribution in [-0.2, 0) is 14.3 Å². The number of hydrogen-bond acceptors (Lipinski definition) is 4. The van der Waals surface area contributed by atoms with Gasteiger partial charge in [0.2, 0.25) is 5.91 Å². The van der Waals surface area contributed by atoms with Gasteiger partial charge in [-0.3, -0.25) is 4.79 Å². The van der Waals surface area contributed by atoms with E-state index in [2.05, 4.69) is 40.8 Å². The molecule has 2 aromatic rings. The molecule has 4 rings (SSSR count). The molecule has 0 aliphatic heterocycles. The maximum atomic E-state index is 12.7. The van der Waals surface area contributed by atoms with Crippen molar-refractivity contribution in [2.75, 3.05) is 13.2 Å². The largest absolute Gasteiger partial charge is 0.472 e. The van der Waals surface area contributed by atoms with Gasteiger partial charge in [0.1, 0.15) is 6.61 Å². The molecule has 7 nitrogen and oxygen atoms in total. The third-order valence-corrected chi connectivity index (χ3v) is 6.31. The Labute approximate surface area is 192 Å². The fourth-order valence-corrected chi connectivity index (χ4v) is 4.54. The second kappa shape index (κ2) is 9.37. The molecule has 0 bridgehead atoms. The van der Waals surface area contributed by atoms with Crippen LogP contribution in [-0.4, -0.2) is 41.8 Å². The molecule has 2 aromatic carbocycles. The molecule has 0 spiro atoms. The number of benzene rings is 2. The van der Waals surface area contributed by atoms with Crippen LogP contribution in [0.1, 0.15) is 43.2 Å². The van der Waals surface area contributed by atoms with E-state index in [1.54, 1.807) is 0 Å². The number of aliphatic carboxylic acids is 1. The SMILES string of the molecule is CC(CC(=O)NCC#CC(=O)O)(NC(=O)OCC1c2ccccc2-c2ccccc21)C1CC1. The summed E-state index contributed by atoms with van der Waals surface area (Å²) in [5.74, 6) is 2.92. The van der Waals surface area contributed by atoms with Crippen molar-refractivity contribution in [3.63, 3.8) is 0 Å². The summed E-state index contributed by atoms with van der Waals surface area (Å²) in [6, 6.07) is 16.3. The zero-order valence-corrected chi connectivity index (χ0v) is 18.4. The predicted octanol–water partition coefficient (Wildman–Crippen LogP) is 3.29. The van der Waals surface area contributed by atoms with Gasteiger partial charge in [0, 0.05) is 18.3 Å². The van der Waals surface area contributed by atoms with Crippen LogP contribution in [0, 0.1) is 17.8 Å². The molecule has 0 radical (unpaired) electrons. The zero-order valence-electron chi connectivity index (χ0n) is 18.4. The van der Waals surface area contributed by atoms with Crippen LogP contribution < -0.4 is 10.6 Å². The van der Waals surface area contributed by atoms with Gasteiger partial charge in [-0.15, -0.1) is 0 Å². The molecule has 7 heteroatoms. The van der Waals surface area contributed by atoms with Gasteiger partial charge >= 0.3 is 12.1 Å². The van der Waals surface area contributed by atoms with Gasteiger partial charge in [0.15, 0.2) is 0 Å². The van der Waals surface area contributed by atoms with Crippen LogP contribution in [0.5, 0.6) is 0 Å². The fourth-order valence-electron chi connectivity index (χ4n) is 4.54. The Kier molecular flexibility index (Phi) is 6.36. The van der Waals surface area contributed by atoms with Gasteiger partial charge in [-0.25, -0.2) is 9.59 Å². The summed E-state index contributed by atoms with van der Waals surface area (Å²) in [5, 5.41) is 14.0. The maximum Gasteiger partial charge on any atom is 0.407 e. The van der Waals surface area contributed by atoms with E-state index >= 15 is 0 Å². The number of nitrogens with one attached hydrogen (secondary N) is 2. The van der Waals surface area contributed by atoms with E-state index < -0.39 is 17.6 Å². The van der Waals surface area contributed by atoms with Crippen molar-refractivity contribution in [3.8, 4) is 23.0 Å². The highest BCUT2D eigenvalue weighted by Gasteiger charge is 2.44. The number of alkyl carbamates (subject to hydrolysis) is 1. The quantitative estimate of drug-likeness (QED) is 0.566. The van der Waals surface area contributed by atoms with Crippen molar-refractivity contribution in [1.82, 2.24) is 10.6 Å². The molecule has 1 fully saturated rings. The third kappa shape index (κ3) is 5.17. The van der Waals surface area contributed by atoms with Gasteiger partial charge in [-0.1, -0.05) is 54.5 Å². The number of carboxylic acid groups (broad SMARTS) is 1. The minimum atomic E-state index is -1.25. The highest BCUT2D eigenvalue weighted by atomic mass is 16.5. The van der Waals surface area contributed by atoms with Crippen molar-refractivity contribution in [2.45, 2.75) is 37.6 Å². The number of ether oxygens (including phenoxy) is 1.